The van der Waals surface area contributed by atoms with Crippen molar-refractivity contribution in [3.63, 3.8) is 0 Å². The van der Waals surface area contributed by atoms with E-state index in [1.54, 1.807) is 23.1 Å². The zero-order valence-corrected chi connectivity index (χ0v) is 8.86. The molecule has 1 rings (SSSR count). The number of para-hydroxylation sites is 1. The van der Waals surface area contributed by atoms with Gasteiger partial charge in [0.1, 0.15) is 5.82 Å². The van der Waals surface area contributed by atoms with Gasteiger partial charge in [-0.15, -0.1) is 0 Å². The normalized spacial score (nSPS) is 12.5. The number of hydrogen-bond donors (Lipinski definition) is 2. The average Bonchev–Trinajstić information content (AvgIpc) is 2.26. The lowest BCUT2D eigenvalue weighted by atomic mass is 10.2. The van der Waals surface area contributed by atoms with Crippen LogP contribution in [0.2, 0.25) is 0 Å². The summed E-state index contributed by atoms with van der Waals surface area (Å²) in [6.07, 6.45) is -0.621. The lowest BCUT2D eigenvalue weighted by Gasteiger charge is -2.25. The van der Waals surface area contributed by atoms with Crippen LogP contribution in [0.5, 0.6) is 0 Å². The van der Waals surface area contributed by atoms with E-state index in [9.17, 15) is 9.50 Å². The van der Waals surface area contributed by atoms with Gasteiger partial charge in [-0.25, -0.2) is 4.39 Å². The third-order valence-electron chi connectivity index (χ3n) is 2.28. The first-order chi connectivity index (χ1) is 7.19. The first-order valence-corrected chi connectivity index (χ1v) is 5.06. The molecule has 0 spiro atoms. The molecule has 1 aromatic rings. The van der Waals surface area contributed by atoms with Crippen molar-refractivity contribution in [2.24, 2.45) is 5.73 Å². The van der Waals surface area contributed by atoms with Crippen molar-refractivity contribution in [2.75, 3.05) is 24.5 Å². The number of nitrogens with zero attached hydrogens (tertiary/aromatic N) is 1. The summed E-state index contributed by atoms with van der Waals surface area (Å²) in [6, 6.07) is 6.52. The zero-order valence-electron chi connectivity index (χ0n) is 8.86. The molecule has 0 heterocycles. The molecule has 0 saturated carbocycles. The van der Waals surface area contributed by atoms with E-state index in [4.69, 9.17) is 5.73 Å². The number of anilines is 1. The number of aliphatic hydroxyl groups excluding tert-OH is 1. The standard InChI is InChI=1S/C11H17FN2O/c1-2-14(8-9(15)7-13)11-6-4-3-5-10(11)12/h3-6,9,15H,2,7-8,13H2,1H3. The maximum absolute atomic E-state index is 13.4. The molecule has 1 unspecified atom stereocenters. The predicted molar refractivity (Wildman–Crippen MR) is 59.3 cm³/mol. The van der Waals surface area contributed by atoms with Crippen LogP contribution in [0.25, 0.3) is 0 Å². The Morgan fingerprint density at radius 3 is 2.67 bits per heavy atom. The smallest absolute Gasteiger partial charge is 0.146 e. The van der Waals surface area contributed by atoms with Crippen LogP contribution in [0.15, 0.2) is 24.3 Å². The van der Waals surface area contributed by atoms with Crippen LogP contribution < -0.4 is 10.6 Å². The molecule has 4 heteroatoms. The number of hydrogen-bond acceptors (Lipinski definition) is 3. The topological polar surface area (TPSA) is 49.5 Å². The molecule has 1 aromatic carbocycles. The number of aliphatic hydroxyl groups is 1. The molecule has 0 aliphatic carbocycles. The van der Waals surface area contributed by atoms with E-state index in [0.717, 1.165) is 0 Å². The van der Waals surface area contributed by atoms with Crippen molar-refractivity contribution in [3.05, 3.63) is 30.1 Å². The summed E-state index contributed by atoms with van der Waals surface area (Å²) in [4.78, 5) is 1.77. The minimum atomic E-state index is -0.621. The predicted octanol–water partition coefficient (Wildman–Crippen LogP) is 0.972. The van der Waals surface area contributed by atoms with Gasteiger partial charge in [-0.3, -0.25) is 0 Å². The molecule has 0 amide bonds. The molecule has 0 aliphatic rings. The Kier molecular flexibility index (Phi) is 4.52. The fraction of sp³-hybridized carbons (Fsp3) is 0.455. The third-order valence-corrected chi connectivity index (χ3v) is 2.28. The van der Waals surface area contributed by atoms with Crippen LogP contribution in [-0.4, -0.2) is 30.8 Å². The van der Waals surface area contributed by atoms with E-state index in [-0.39, 0.29) is 12.4 Å². The highest BCUT2D eigenvalue weighted by Crippen LogP contribution is 2.18. The molecule has 0 bridgehead atoms. The van der Waals surface area contributed by atoms with Crippen LogP contribution in [0.3, 0.4) is 0 Å². The molecule has 3 nitrogen and oxygen atoms in total. The maximum atomic E-state index is 13.4. The van der Waals surface area contributed by atoms with Crippen molar-refractivity contribution in [2.45, 2.75) is 13.0 Å². The van der Waals surface area contributed by atoms with Gasteiger partial charge >= 0.3 is 0 Å². The number of benzene rings is 1. The molecule has 0 aromatic heterocycles. The summed E-state index contributed by atoms with van der Waals surface area (Å²) in [7, 11) is 0. The van der Waals surface area contributed by atoms with Gasteiger partial charge in [-0.05, 0) is 19.1 Å². The van der Waals surface area contributed by atoms with E-state index in [0.29, 0.717) is 18.8 Å². The van der Waals surface area contributed by atoms with Gasteiger partial charge in [0.25, 0.3) is 0 Å². The molecule has 84 valence electrons. The van der Waals surface area contributed by atoms with Crippen molar-refractivity contribution < 1.29 is 9.50 Å². The number of nitrogens with two attached hydrogens (primary N) is 1. The Morgan fingerprint density at radius 1 is 1.47 bits per heavy atom. The van der Waals surface area contributed by atoms with E-state index in [1.807, 2.05) is 6.92 Å². The summed E-state index contributed by atoms with van der Waals surface area (Å²) < 4.78 is 13.4. The Labute approximate surface area is 89.3 Å². The molecule has 0 aliphatic heterocycles. The minimum Gasteiger partial charge on any atom is -0.390 e. The lowest BCUT2D eigenvalue weighted by Crippen LogP contribution is -2.36. The molecule has 3 N–H and O–H groups in total. The first-order valence-electron chi connectivity index (χ1n) is 5.06. The van der Waals surface area contributed by atoms with Crippen molar-refractivity contribution in [3.8, 4) is 0 Å². The molecule has 0 radical (unpaired) electrons. The third kappa shape index (κ3) is 3.18. The molecule has 15 heavy (non-hydrogen) atoms. The summed E-state index contributed by atoms with van der Waals surface area (Å²) in [5.41, 5.74) is 5.83. The summed E-state index contributed by atoms with van der Waals surface area (Å²) in [5.74, 6) is -0.274. The Morgan fingerprint density at radius 2 is 2.13 bits per heavy atom. The second-order valence-corrected chi connectivity index (χ2v) is 3.38. The zero-order chi connectivity index (χ0) is 11.3. The Hall–Kier alpha value is -1.13. The van der Waals surface area contributed by atoms with Crippen LogP contribution >= 0.6 is 0 Å². The number of likely N-dealkylation sites (N-methyl/N-ethyl adjacent to an activating group) is 1. The average molecular weight is 212 g/mol. The molecular weight excluding hydrogens is 195 g/mol. The van der Waals surface area contributed by atoms with Gasteiger partial charge in [0.2, 0.25) is 0 Å². The highest BCUT2D eigenvalue weighted by molar-refractivity contribution is 5.47. The van der Waals surface area contributed by atoms with Crippen LogP contribution in [0.1, 0.15) is 6.92 Å². The summed E-state index contributed by atoms with van der Waals surface area (Å²) in [5, 5.41) is 9.42. The number of halogens is 1. The van der Waals surface area contributed by atoms with Crippen molar-refractivity contribution >= 4 is 5.69 Å². The minimum absolute atomic E-state index is 0.185. The van der Waals surface area contributed by atoms with Gasteiger partial charge in [-0.2, -0.15) is 0 Å². The monoisotopic (exact) mass is 212 g/mol. The van der Waals surface area contributed by atoms with Crippen LogP contribution in [0.4, 0.5) is 10.1 Å². The summed E-state index contributed by atoms with van der Waals surface area (Å²) >= 11 is 0. The largest absolute Gasteiger partial charge is 0.390 e. The van der Waals surface area contributed by atoms with Gasteiger partial charge in [0, 0.05) is 19.6 Å². The first kappa shape index (κ1) is 11.9. The van der Waals surface area contributed by atoms with Crippen LogP contribution in [-0.2, 0) is 0 Å². The maximum Gasteiger partial charge on any atom is 0.146 e. The van der Waals surface area contributed by atoms with E-state index in [2.05, 4.69) is 0 Å². The Balaban J connectivity index is 2.78. The fourth-order valence-electron chi connectivity index (χ4n) is 1.43. The van der Waals surface area contributed by atoms with Crippen molar-refractivity contribution in [1.29, 1.82) is 0 Å². The van der Waals surface area contributed by atoms with E-state index < -0.39 is 6.10 Å². The quantitative estimate of drug-likeness (QED) is 0.764. The Bertz CT molecular complexity index is 306. The molecular formula is C11H17FN2O. The highest BCUT2D eigenvalue weighted by atomic mass is 19.1. The van der Waals surface area contributed by atoms with Gasteiger partial charge in [-0.1, -0.05) is 12.1 Å². The molecule has 1 atom stereocenters. The van der Waals surface area contributed by atoms with Crippen molar-refractivity contribution in [1.82, 2.24) is 0 Å². The van der Waals surface area contributed by atoms with E-state index in [1.165, 1.54) is 6.07 Å². The lowest BCUT2D eigenvalue weighted by molar-refractivity contribution is 0.188. The fourth-order valence-corrected chi connectivity index (χ4v) is 1.43. The number of rotatable bonds is 5. The second-order valence-electron chi connectivity index (χ2n) is 3.38. The van der Waals surface area contributed by atoms with Gasteiger partial charge in [0.05, 0.1) is 11.8 Å². The highest BCUT2D eigenvalue weighted by Gasteiger charge is 2.12. The molecule has 0 saturated heterocycles. The molecule has 0 fully saturated rings. The van der Waals surface area contributed by atoms with Gasteiger partial charge < -0.3 is 15.7 Å². The second kappa shape index (κ2) is 5.68. The SMILES string of the molecule is CCN(CC(O)CN)c1ccccc1F. The van der Waals surface area contributed by atoms with Crippen LogP contribution in [0, 0.1) is 5.82 Å². The summed E-state index contributed by atoms with van der Waals surface area (Å²) in [6.45, 7) is 3.09. The van der Waals surface area contributed by atoms with Gasteiger partial charge in [0.15, 0.2) is 0 Å². The van der Waals surface area contributed by atoms with E-state index >= 15 is 0 Å².